The summed E-state index contributed by atoms with van der Waals surface area (Å²) in [6, 6.07) is 0.549. The molecule has 0 aromatic carbocycles. The lowest BCUT2D eigenvalue weighted by Gasteiger charge is -2.34. The van der Waals surface area contributed by atoms with Gasteiger partial charge in [0.15, 0.2) is 5.89 Å². The van der Waals surface area contributed by atoms with Crippen LogP contribution in [-0.2, 0) is 17.6 Å². The maximum absolute atomic E-state index is 11.0. The highest BCUT2D eigenvalue weighted by atomic mass is 16.4. The van der Waals surface area contributed by atoms with Crippen molar-refractivity contribution in [2.24, 2.45) is 0 Å². The molecular weight excluding hydrogens is 228 g/mol. The van der Waals surface area contributed by atoms with Gasteiger partial charge in [0, 0.05) is 12.5 Å². The van der Waals surface area contributed by atoms with Crippen LogP contribution in [0.3, 0.4) is 0 Å². The minimum absolute atomic E-state index is 0.116. The molecule has 1 aromatic heterocycles. The van der Waals surface area contributed by atoms with Crippen molar-refractivity contribution in [3.05, 3.63) is 17.8 Å². The van der Waals surface area contributed by atoms with Crippen LogP contribution in [0.2, 0.25) is 0 Å². The summed E-state index contributed by atoms with van der Waals surface area (Å²) in [5.74, 6) is 1.58. The maximum Gasteiger partial charge on any atom is 0.195 e. The highest BCUT2D eigenvalue weighted by Gasteiger charge is 2.23. The molecule has 0 N–H and O–H groups in total. The van der Waals surface area contributed by atoms with Gasteiger partial charge in [0.25, 0.3) is 0 Å². The normalized spacial score (nSPS) is 21.1. The molecule has 4 nitrogen and oxygen atoms in total. The fourth-order valence-electron chi connectivity index (χ4n) is 2.68. The lowest BCUT2D eigenvalue weighted by atomic mass is 9.99. The fraction of sp³-hybridized carbons (Fsp3) is 0.714. The smallest absolute Gasteiger partial charge is 0.195 e. The summed E-state index contributed by atoms with van der Waals surface area (Å²) in [6.45, 7) is 6.05. The van der Waals surface area contributed by atoms with Gasteiger partial charge in [0.05, 0.1) is 12.6 Å². The maximum atomic E-state index is 11.0. The number of ketones is 1. The molecule has 0 radical (unpaired) electrons. The molecule has 1 saturated heterocycles. The fourth-order valence-corrected chi connectivity index (χ4v) is 2.68. The van der Waals surface area contributed by atoms with Gasteiger partial charge in [-0.2, -0.15) is 0 Å². The molecule has 4 heteroatoms. The predicted octanol–water partition coefficient (Wildman–Crippen LogP) is 2.22. The first kappa shape index (κ1) is 13.3. The van der Waals surface area contributed by atoms with Gasteiger partial charge in [-0.05, 0) is 32.9 Å². The second-order valence-corrected chi connectivity index (χ2v) is 5.08. The van der Waals surface area contributed by atoms with E-state index in [2.05, 4.69) is 16.8 Å². The van der Waals surface area contributed by atoms with E-state index in [1.54, 1.807) is 13.1 Å². The van der Waals surface area contributed by atoms with E-state index in [1.165, 1.54) is 25.8 Å². The van der Waals surface area contributed by atoms with Crippen LogP contribution in [-0.4, -0.2) is 34.8 Å². The van der Waals surface area contributed by atoms with Crippen molar-refractivity contribution in [3.63, 3.8) is 0 Å². The molecule has 1 aliphatic heterocycles. The third-order valence-electron chi connectivity index (χ3n) is 3.59. The Bertz CT molecular complexity index is 400. The Morgan fingerprint density at radius 1 is 1.56 bits per heavy atom. The zero-order valence-electron chi connectivity index (χ0n) is 11.3. The molecule has 1 fully saturated rings. The van der Waals surface area contributed by atoms with Gasteiger partial charge in [0.2, 0.25) is 0 Å². The lowest BCUT2D eigenvalue weighted by Crippen LogP contribution is -2.40. The number of nitrogens with zero attached hydrogens (tertiary/aromatic N) is 2. The number of carbonyl (C=O) groups excluding carboxylic acids is 1. The molecule has 0 amide bonds. The number of hydrogen-bond acceptors (Lipinski definition) is 4. The molecule has 18 heavy (non-hydrogen) atoms. The van der Waals surface area contributed by atoms with E-state index in [-0.39, 0.29) is 5.78 Å². The summed E-state index contributed by atoms with van der Waals surface area (Å²) >= 11 is 0. The molecule has 2 heterocycles. The Labute approximate surface area is 108 Å². The first-order chi connectivity index (χ1) is 8.69. The number of hydrogen-bond donors (Lipinski definition) is 0. The molecule has 0 saturated carbocycles. The highest BCUT2D eigenvalue weighted by Crippen LogP contribution is 2.20. The van der Waals surface area contributed by atoms with Gasteiger partial charge in [-0.25, -0.2) is 4.98 Å². The number of likely N-dealkylation sites (tertiary alicyclic amines) is 1. The van der Waals surface area contributed by atoms with Crippen LogP contribution >= 0.6 is 0 Å². The standard InChI is InChI=1S/C14H22N2O2/c1-3-16-7-5-4-6-12(16)9-14-15-10-13(18-14)8-11(2)17/h10,12H,3-9H2,1-2H3. The molecule has 0 aliphatic carbocycles. The van der Waals surface area contributed by atoms with Crippen LogP contribution in [0.1, 0.15) is 44.8 Å². The molecular formula is C14H22N2O2. The van der Waals surface area contributed by atoms with E-state index in [4.69, 9.17) is 4.42 Å². The Balaban J connectivity index is 1.95. The van der Waals surface area contributed by atoms with Crippen LogP contribution in [0.4, 0.5) is 0 Å². The molecule has 1 atom stereocenters. The van der Waals surface area contributed by atoms with Crippen molar-refractivity contribution in [3.8, 4) is 0 Å². The van der Waals surface area contributed by atoms with Crippen LogP contribution in [0.25, 0.3) is 0 Å². The molecule has 0 bridgehead atoms. The number of likely N-dealkylation sites (N-methyl/N-ethyl adjacent to an activating group) is 1. The Kier molecular flexibility index (Phi) is 4.53. The summed E-state index contributed by atoms with van der Waals surface area (Å²) in [7, 11) is 0. The third kappa shape index (κ3) is 3.42. The van der Waals surface area contributed by atoms with Crippen LogP contribution in [0, 0.1) is 0 Å². The van der Waals surface area contributed by atoms with Gasteiger partial charge in [-0.3, -0.25) is 4.79 Å². The minimum Gasteiger partial charge on any atom is -0.445 e. The zero-order chi connectivity index (χ0) is 13.0. The molecule has 1 aromatic rings. The number of carbonyl (C=O) groups is 1. The number of piperidine rings is 1. The summed E-state index contributed by atoms with van der Waals surface area (Å²) in [5, 5.41) is 0. The topological polar surface area (TPSA) is 46.3 Å². The van der Waals surface area contributed by atoms with Crippen molar-refractivity contribution < 1.29 is 9.21 Å². The van der Waals surface area contributed by atoms with Gasteiger partial charge in [-0.15, -0.1) is 0 Å². The summed E-state index contributed by atoms with van der Waals surface area (Å²) in [4.78, 5) is 17.8. The molecule has 0 spiro atoms. The number of Topliss-reactive ketones (excluding diaryl/α,β-unsaturated/α-hetero) is 1. The van der Waals surface area contributed by atoms with Gasteiger partial charge >= 0.3 is 0 Å². The monoisotopic (exact) mass is 250 g/mol. The van der Waals surface area contributed by atoms with E-state index < -0.39 is 0 Å². The zero-order valence-corrected chi connectivity index (χ0v) is 11.3. The quantitative estimate of drug-likeness (QED) is 0.804. The molecule has 1 aliphatic rings. The number of rotatable bonds is 5. The van der Waals surface area contributed by atoms with Gasteiger partial charge < -0.3 is 9.32 Å². The van der Waals surface area contributed by atoms with Crippen molar-refractivity contribution in [1.82, 2.24) is 9.88 Å². The van der Waals surface area contributed by atoms with Crippen molar-refractivity contribution in [2.45, 2.75) is 52.0 Å². The van der Waals surface area contributed by atoms with E-state index in [0.717, 1.165) is 18.9 Å². The van der Waals surface area contributed by atoms with Crippen LogP contribution in [0.15, 0.2) is 10.6 Å². The molecule has 100 valence electrons. The Morgan fingerprint density at radius 2 is 2.39 bits per heavy atom. The second kappa shape index (κ2) is 6.14. The highest BCUT2D eigenvalue weighted by molar-refractivity contribution is 5.77. The van der Waals surface area contributed by atoms with Crippen molar-refractivity contribution >= 4 is 5.78 Å². The van der Waals surface area contributed by atoms with Crippen molar-refractivity contribution in [2.75, 3.05) is 13.1 Å². The van der Waals surface area contributed by atoms with Gasteiger partial charge in [0.1, 0.15) is 11.5 Å². The van der Waals surface area contributed by atoms with E-state index >= 15 is 0 Å². The number of oxazole rings is 1. The van der Waals surface area contributed by atoms with Crippen LogP contribution < -0.4 is 0 Å². The van der Waals surface area contributed by atoms with E-state index in [9.17, 15) is 4.79 Å². The summed E-state index contributed by atoms with van der Waals surface area (Å²) in [5.41, 5.74) is 0. The second-order valence-electron chi connectivity index (χ2n) is 5.08. The summed E-state index contributed by atoms with van der Waals surface area (Å²) in [6.07, 6.45) is 6.72. The Hall–Kier alpha value is -1.16. The first-order valence-corrected chi connectivity index (χ1v) is 6.86. The molecule has 2 rings (SSSR count). The minimum atomic E-state index is 0.116. The molecule has 1 unspecified atom stereocenters. The number of aromatic nitrogens is 1. The average Bonchev–Trinajstić information content (AvgIpc) is 2.76. The SMILES string of the molecule is CCN1CCCCC1Cc1ncc(CC(C)=O)o1. The largest absolute Gasteiger partial charge is 0.445 e. The average molecular weight is 250 g/mol. The third-order valence-corrected chi connectivity index (χ3v) is 3.59. The van der Waals surface area contributed by atoms with E-state index in [0.29, 0.717) is 18.2 Å². The van der Waals surface area contributed by atoms with Gasteiger partial charge in [-0.1, -0.05) is 13.3 Å². The van der Waals surface area contributed by atoms with Crippen LogP contribution in [0.5, 0.6) is 0 Å². The van der Waals surface area contributed by atoms with E-state index in [1.807, 2.05) is 0 Å². The summed E-state index contributed by atoms with van der Waals surface area (Å²) < 4.78 is 5.63. The lowest BCUT2D eigenvalue weighted by molar-refractivity contribution is -0.116. The first-order valence-electron chi connectivity index (χ1n) is 6.86. The van der Waals surface area contributed by atoms with Crippen molar-refractivity contribution in [1.29, 1.82) is 0 Å². The predicted molar refractivity (Wildman–Crippen MR) is 69.5 cm³/mol. The Morgan fingerprint density at radius 3 is 3.11 bits per heavy atom.